The molecule has 112 valence electrons. The summed E-state index contributed by atoms with van der Waals surface area (Å²) in [5.74, 6) is 1.37. The van der Waals surface area contributed by atoms with Crippen LogP contribution in [0, 0.1) is 0 Å². The van der Waals surface area contributed by atoms with Gasteiger partial charge in [0, 0.05) is 6.42 Å². The molecule has 6 nitrogen and oxygen atoms in total. The Balaban J connectivity index is 2.17. The molecule has 0 bridgehead atoms. The van der Waals surface area contributed by atoms with E-state index in [0.717, 1.165) is 11.3 Å². The largest absolute Gasteiger partial charge is 0.497 e. The van der Waals surface area contributed by atoms with Crippen molar-refractivity contribution in [2.45, 2.75) is 12.5 Å². The molecule has 2 aromatic rings. The summed E-state index contributed by atoms with van der Waals surface area (Å²) in [7, 11) is 4.59. The van der Waals surface area contributed by atoms with Crippen molar-refractivity contribution in [2.75, 3.05) is 21.3 Å². The number of methoxy groups -OCH3 is 3. The van der Waals surface area contributed by atoms with E-state index in [1.54, 1.807) is 7.11 Å². The SMILES string of the molecule is COc1ccc(CC(O)c2ncc(OC)nc2OC)cc1. The van der Waals surface area contributed by atoms with Crippen molar-refractivity contribution in [3.8, 4) is 17.5 Å². The molecule has 1 N–H and O–H groups in total. The first-order valence-corrected chi connectivity index (χ1v) is 6.43. The molecule has 0 radical (unpaired) electrons. The molecule has 0 amide bonds. The molecule has 1 unspecified atom stereocenters. The standard InChI is InChI=1S/C15H18N2O4/c1-19-11-6-4-10(5-7-11)8-12(18)14-15(21-3)17-13(20-2)9-16-14/h4-7,9,12,18H,8H2,1-3H3. The van der Waals surface area contributed by atoms with Crippen molar-refractivity contribution in [3.63, 3.8) is 0 Å². The molecule has 0 aliphatic heterocycles. The van der Waals surface area contributed by atoms with Gasteiger partial charge in [-0.05, 0) is 17.7 Å². The summed E-state index contributed by atoms with van der Waals surface area (Å²) in [5, 5.41) is 10.3. The number of rotatable bonds is 6. The van der Waals surface area contributed by atoms with E-state index >= 15 is 0 Å². The minimum Gasteiger partial charge on any atom is -0.497 e. The third-order valence-electron chi connectivity index (χ3n) is 3.05. The van der Waals surface area contributed by atoms with E-state index in [1.807, 2.05) is 24.3 Å². The third kappa shape index (κ3) is 3.61. The summed E-state index contributed by atoms with van der Waals surface area (Å²) in [6, 6.07) is 7.48. The molecule has 0 saturated heterocycles. The van der Waals surface area contributed by atoms with Gasteiger partial charge in [0.15, 0.2) is 0 Å². The van der Waals surface area contributed by atoms with E-state index in [9.17, 15) is 5.11 Å². The number of aliphatic hydroxyl groups is 1. The second-order valence-corrected chi connectivity index (χ2v) is 4.37. The van der Waals surface area contributed by atoms with Crippen molar-refractivity contribution < 1.29 is 19.3 Å². The first-order valence-electron chi connectivity index (χ1n) is 6.43. The number of hydrogen-bond acceptors (Lipinski definition) is 6. The highest BCUT2D eigenvalue weighted by atomic mass is 16.5. The summed E-state index contributed by atoms with van der Waals surface area (Å²) in [6.45, 7) is 0. The van der Waals surface area contributed by atoms with Gasteiger partial charge in [0.1, 0.15) is 17.5 Å². The zero-order chi connectivity index (χ0) is 15.2. The van der Waals surface area contributed by atoms with E-state index in [1.165, 1.54) is 20.4 Å². The molecule has 1 aromatic heterocycles. The van der Waals surface area contributed by atoms with Crippen LogP contribution in [-0.2, 0) is 6.42 Å². The lowest BCUT2D eigenvalue weighted by Gasteiger charge is -2.13. The minimum absolute atomic E-state index is 0.260. The molecule has 1 atom stereocenters. The zero-order valence-electron chi connectivity index (χ0n) is 12.2. The quantitative estimate of drug-likeness (QED) is 0.874. The lowest BCUT2D eigenvalue weighted by atomic mass is 10.1. The minimum atomic E-state index is -0.813. The monoisotopic (exact) mass is 290 g/mol. The maximum atomic E-state index is 10.3. The number of aromatic nitrogens is 2. The van der Waals surface area contributed by atoms with Gasteiger partial charge in [-0.2, -0.15) is 4.98 Å². The second-order valence-electron chi connectivity index (χ2n) is 4.37. The van der Waals surface area contributed by atoms with Crippen LogP contribution in [0.25, 0.3) is 0 Å². The Morgan fingerprint density at radius 3 is 2.33 bits per heavy atom. The van der Waals surface area contributed by atoms with E-state index in [4.69, 9.17) is 14.2 Å². The van der Waals surface area contributed by atoms with Crippen LogP contribution in [0.3, 0.4) is 0 Å². The number of ether oxygens (including phenoxy) is 3. The molecule has 0 aliphatic carbocycles. The molecule has 6 heteroatoms. The fourth-order valence-corrected chi connectivity index (χ4v) is 1.92. The van der Waals surface area contributed by atoms with Crippen LogP contribution in [0.1, 0.15) is 17.4 Å². The van der Waals surface area contributed by atoms with Crippen LogP contribution in [0.15, 0.2) is 30.5 Å². The van der Waals surface area contributed by atoms with Crippen LogP contribution in [0.5, 0.6) is 17.5 Å². The van der Waals surface area contributed by atoms with E-state index in [-0.39, 0.29) is 5.88 Å². The summed E-state index contributed by atoms with van der Waals surface area (Å²) >= 11 is 0. The molecule has 0 saturated carbocycles. The van der Waals surface area contributed by atoms with Crippen molar-refractivity contribution in [1.82, 2.24) is 9.97 Å². The van der Waals surface area contributed by atoms with Crippen molar-refractivity contribution in [3.05, 3.63) is 41.7 Å². The van der Waals surface area contributed by atoms with E-state index in [2.05, 4.69) is 9.97 Å². The molecule has 0 fully saturated rings. The molecule has 0 aliphatic rings. The van der Waals surface area contributed by atoms with Gasteiger partial charge in [0.25, 0.3) is 0 Å². The maximum absolute atomic E-state index is 10.3. The number of aliphatic hydroxyl groups excluding tert-OH is 1. The van der Waals surface area contributed by atoms with Gasteiger partial charge in [-0.25, -0.2) is 4.98 Å². The Labute approximate surface area is 123 Å². The van der Waals surface area contributed by atoms with E-state index < -0.39 is 6.10 Å². The first-order chi connectivity index (χ1) is 10.2. The molecule has 1 aromatic carbocycles. The Morgan fingerprint density at radius 2 is 1.76 bits per heavy atom. The fraction of sp³-hybridized carbons (Fsp3) is 0.333. The van der Waals surface area contributed by atoms with Crippen LogP contribution < -0.4 is 14.2 Å². The summed E-state index contributed by atoms with van der Waals surface area (Å²) in [6.07, 6.45) is 1.04. The highest BCUT2D eigenvalue weighted by molar-refractivity contribution is 5.30. The van der Waals surface area contributed by atoms with Crippen LogP contribution in [-0.4, -0.2) is 36.4 Å². The topological polar surface area (TPSA) is 73.7 Å². The summed E-state index contributed by atoms with van der Waals surface area (Å²) < 4.78 is 15.2. The van der Waals surface area contributed by atoms with Gasteiger partial charge in [0.2, 0.25) is 11.8 Å². The van der Waals surface area contributed by atoms with E-state index in [0.29, 0.717) is 18.0 Å². The first kappa shape index (κ1) is 15.1. The molecular formula is C15H18N2O4. The van der Waals surface area contributed by atoms with Crippen LogP contribution in [0.4, 0.5) is 0 Å². The van der Waals surface area contributed by atoms with Gasteiger partial charge >= 0.3 is 0 Å². The Bertz CT molecular complexity index is 587. The molecule has 2 rings (SSSR count). The number of benzene rings is 1. The lowest BCUT2D eigenvalue weighted by Crippen LogP contribution is -2.08. The molecule has 21 heavy (non-hydrogen) atoms. The van der Waals surface area contributed by atoms with Crippen molar-refractivity contribution in [1.29, 1.82) is 0 Å². The summed E-state index contributed by atoms with van der Waals surface area (Å²) in [4.78, 5) is 8.28. The molecule has 1 heterocycles. The van der Waals surface area contributed by atoms with Gasteiger partial charge in [-0.1, -0.05) is 12.1 Å². The van der Waals surface area contributed by atoms with Gasteiger partial charge in [0.05, 0.1) is 27.5 Å². The van der Waals surface area contributed by atoms with Gasteiger partial charge in [-0.15, -0.1) is 0 Å². The average molecular weight is 290 g/mol. The predicted molar refractivity (Wildman–Crippen MR) is 76.8 cm³/mol. The summed E-state index contributed by atoms with van der Waals surface area (Å²) in [5.41, 5.74) is 1.34. The highest BCUT2D eigenvalue weighted by Crippen LogP contribution is 2.26. The Kier molecular flexibility index (Phi) is 4.94. The van der Waals surface area contributed by atoms with Gasteiger partial charge in [-0.3, -0.25) is 0 Å². The van der Waals surface area contributed by atoms with Crippen molar-refractivity contribution in [2.24, 2.45) is 0 Å². The van der Waals surface area contributed by atoms with Gasteiger partial charge < -0.3 is 19.3 Å². The molecular weight excluding hydrogens is 272 g/mol. The zero-order valence-corrected chi connectivity index (χ0v) is 12.2. The van der Waals surface area contributed by atoms with Crippen LogP contribution in [0.2, 0.25) is 0 Å². The Morgan fingerprint density at radius 1 is 1.05 bits per heavy atom. The smallest absolute Gasteiger partial charge is 0.241 e. The maximum Gasteiger partial charge on any atom is 0.241 e. The average Bonchev–Trinajstić information content (AvgIpc) is 2.54. The highest BCUT2D eigenvalue weighted by Gasteiger charge is 2.18. The Hall–Kier alpha value is -2.34. The predicted octanol–water partition coefficient (Wildman–Crippen LogP) is 1.78. The third-order valence-corrected chi connectivity index (χ3v) is 3.05. The fourth-order valence-electron chi connectivity index (χ4n) is 1.92. The normalized spacial score (nSPS) is 11.8. The molecule has 0 spiro atoms. The number of nitrogens with zero attached hydrogens (tertiary/aromatic N) is 2. The lowest BCUT2D eigenvalue weighted by molar-refractivity contribution is 0.167. The number of hydrogen-bond donors (Lipinski definition) is 1. The second kappa shape index (κ2) is 6.90. The van der Waals surface area contributed by atoms with Crippen molar-refractivity contribution >= 4 is 0 Å². The van der Waals surface area contributed by atoms with Crippen LogP contribution >= 0.6 is 0 Å².